The van der Waals surface area contributed by atoms with Crippen LogP contribution in [0.4, 0.5) is 4.79 Å². The van der Waals surface area contributed by atoms with Crippen LogP contribution in [0.25, 0.3) is 0 Å². The van der Waals surface area contributed by atoms with Crippen LogP contribution in [-0.2, 0) is 11.2 Å². The Kier molecular flexibility index (Phi) is 5.87. The van der Waals surface area contributed by atoms with Crippen molar-refractivity contribution < 1.29 is 9.53 Å². The Labute approximate surface area is 141 Å². The maximum Gasteiger partial charge on any atom is 0.410 e. The molecule has 1 fully saturated rings. The normalized spacial score (nSPS) is 18.5. The summed E-state index contributed by atoms with van der Waals surface area (Å²) < 4.78 is 6.51. The summed E-state index contributed by atoms with van der Waals surface area (Å²) in [4.78, 5) is 13.8. The van der Waals surface area contributed by atoms with E-state index >= 15 is 0 Å². The van der Waals surface area contributed by atoms with Gasteiger partial charge in [-0.2, -0.15) is 0 Å². The molecule has 0 aromatic heterocycles. The second kappa shape index (κ2) is 7.47. The van der Waals surface area contributed by atoms with Crippen LogP contribution in [0.5, 0.6) is 0 Å². The lowest BCUT2D eigenvalue weighted by atomic mass is 10.1. The fraction of sp³-hybridized carbons (Fsp3) is 0.588. The van der Waals surface area contributed by atoms with E-state index in [9.17, 15) is 4.79 Å². The van der Waals surface area contributed by atoms with Gasteiger partial charge in [-0.3, -0.25) is 0 Å². The van der Waals surface area contributed by atoms with Gasteiger partial charge in [-0.05, 0) is 57.9 Å². The summed E-state index contributed by atoms with van der Waals surface area (Å²) in [6, 6.07) is 8.76. The van der Waals surface area contributed by atoms with Crippen molar-refractivity contribution >= 4 is 22.0 Å². The molecular formula is C17H25BrN2O2. The molecule has 1 aliphatic rings. The number of hydrogen-bond donors (Lipinski definition) is 1. The molecule has 0 bridgehead atoms. The molecule has 5 heteroatoms. The number of halogens is 1. The third-order valence-electron chi connectivity index (χ3n) is 3.60. The summed E-state index contributed by atoms with van der Waals surface area (Å²) in [6.07, 6.45) is 1.78. The van der Waals surface area contributed by atoms with Gasteiger partial charge in [0.05, 0.1) is 0 Å². The quantitative estimate of drug-likeness (QED) is 0.882. The minimum Gasteiger partial charge on any atom is -0.444 e. The number of rotatable bonds is 4. The van der Waals surface area contributed by atoms with Crippen molar-refractivity contribution in [2.75, 3.05) is 19.6 Å². The molecular weight excluding hydrogens is 344 g/mol. The molecule has 1 aromatic rings. The van der Waals surface area contributed by atoms with E-state index in [1.54, 1.807) is 4.90 Å². The van der Waals surface area contributed by atoms with Gasteiger partial charge in [-0.1, -0.05) is 28.1 Å². The van der Waals surface area contributed by atoms with E-state index in [-0.39, 0.29) is 6.09 Å². The van der Waals surface area contributed by atoms with Crippen LogP contribution in [-0.4, -0.2) is 42.3 Å². The van der Waals surface area contributed by atoms with Crippen molar-refractivity contribution in [3.05, 3.63) is 34.3 Å². The van der Waals surface area contributed by atoms with Gasteiger partial charge in [0.2, 0.25) is 0 Å². The zero-order valence-electron chi connectivity index (χ0n) is 13.6. The van der Waals surface area contributed by atoms with E-state index in [2.05, 4.69) is 45.5 Å². The first-order valence-electron chi connectivity index (χ1n) is 7.79. The average Bonchev–Trinajstić information content (AvgIpc) is 2.88. The summed E-state index contributed by atoms with van der Waals surface area (Å²) in [7, 11) is 0. The Morgan fingerprint density at radius 2 is 2.05 bits per heavy atom. The molecule has 1 atom stereocenters. The molecule has 0 radical (unpaired) electrons. The summed E-state index contributed by atoms with van der Waals surface area (Å²) >= 11 is 3.44. The van der Waals surface area contributed by atoms with Crippen molar-refractivity contribution in [2.45, 2.75) is 45.3 Å². The molecule has 1 aliphatic heterocycles. The van der Waals surface area contributed by atoms with Crippen LogP contribution in [0.1, 0.15) is 32.8 Å². The Hall–Kier alpha value is -1.07. The number of ether oxygens (including phenoxy) is 1. The molecule has 1 N–H and O–H groups in total. The number of amides is 1. The molecule has 2 rings (SSSR count). The number of likely N-dealkylation sites (tertiary alicyclic amines) is 1. The third-order valence-corrected chi connectivity index (χ3v) is 4.13. The first kappa shape index (κ1) is 17.3. The minimum absolute atomic E-state index is 0.204. The van der Waals surface area contributed by atoms with Crippen LogP contribution in [0.3, 0.4) is 0 Å². The van der Waals surface area contributed by atoms with Crippen LogP contribution in [0, 0.1) is 0 Å². The Balaban J connectivity index is 1.70. The maximum absolute atomic E-state index is 12.0. The fourth-order valence-corrected chi connectivity index (χ4v) is 2.76. The van der Waals surface area contributed by atoms with E-state index in [4.69, 9.17) is 4.74 Å². The molecule has 0 aliphatic carbocycles. The highest BCUT2D eigenvalue weighted by Crippen LogP contribution is 2.15. The van der Waals surface area contributed by atoms with Gasteiger partial charge in [-0.15, -0.1) is 0 Å². The zero-order valence-corrected chi connectivity index (χ0v) is 15.1. The molecule has 4 nitrogen and oxygen atoms in total. The van der Waals surface area contributed by atoms with Gasteiger partial charge in [0.25, 0.3) is 0 Å². The number of nitrogens with one attached hydrogen (secondary N) is 1. The standard InChI is InChI=1S/C17H25BrN2O2/c1-17(2,3)22-16(21)20-11-9-15(12-20)19-10-8-13-4-6-14(18)7-5-13/h4-7,15,19H,8-12H2,1-3H3. The third kappa shape index (κ3) is 5.61. The molecule has 0 saturated carbocycles. The first-order valence-corrected chi connectivity index (χ1v) is 8.58. The van der Waals surface area contributed by atoms with Crippen LogP contribution >= 0.6 is 15.9 Å². The summed E-state index contributed by atoms with van der Waals surface area (Å²) in [6.45, 7) is 8.12. The molecule has 1 saturated heterocycles. The summed E-state index contributed by atoms with van der Waals surface area (Å²) in [5.41, 5.74) is 0.891. The van der Waals surface area contributed by atoms with Crippen molar-refractivity contribution in [1.29, 1.82) is 0 Å². The van der Waals surface area contributed by atoms with Crippen molar-refractivity contribution in [2.24, 2.45) is 0 Å². The molecule has 22 heavy (non-hydrogen) atoms. The highest BCUT2D eigenvalue weighted by Gasteiger charge is 2.29. The van der Waals surface area contributed by atoms with Crippen molar-refractivity contribution in [3.8, 4) is 0 Å². The fourth-order valence-electron chi connectivity index (χ4n) is 2.49. The van der Waals surface area contributed by atoms with Crippen molar-refractivity contribution in [1.82, 2.24) is 10.2 Å². The predicted octanol–water partition coefficient (Wildman–Crippen LogP) is 3.59. The smallest absolute Gasteiger partial charge is 0.410 e. The van der Waals surface area contributed by atoms with E-state index in [0.29, 0.717) is 6.04 Å². The van der Waals surface area contributed by atoms with E-state index in [1.807, 2.05) is 20.8 Å². The summed E-state index contributed by atoms with van der Waals surface area (Å²) in [5.74, 6) is 0. The lowest BCUT2D eigenvalue weighted by molar-refractivity contribution is 0.0291. The highest BCUT2D eigenvalue weighted by molar-refractivity contribution is 9.10. The van der Waals surface area contributed by atoms with Crippen LogP contribution in [0.15, 0.2) is 28.7 Å². The second-order valence-electron chi connectivity index (χ2n) is 6.74. The number of benzene rings is 1. The lowest BCUT2D eigenvalue weighted by Crippen LogP contribution is -2.38. The lowest BCUT2D eigenvalue weighted by Gasteiger charge is -2.24. The Morgan fingerprint density at radius 3 is 2.68 bits per heavy atom. The second-order valence-corrected chi connectivity index (χ2v) is 7.66. The Morgan fingerprint density at radius 1 is 1.36 bits per heavy atom. The van der Waals surface area contributed by atoms with Crippen LogP contribution in [0.2, 0.25) is 0 Å². The zero-order chi connectivity index (χ0) is 16.2. The first-order chi connectivity index (χ1) is 10.3. The van der Waals surface area contributed by atoms with E-state index < -0.39 is 5.60 Å². The summed E-state index contributed by atoms with van der Waals surface area (Å²) in [5, 5.41) is 3.53. The Bertz CT molecular complexity index is 496. The average molecular weight is 369 g/mol. The van der Waals surface area contributed by atoms with Crippen LogP contribution < -0.4 is 5.32 Å². The monoisotopic (exact) mass is 368 g/mol. The van der Waals surface area contributed by atoms with Gasteiger partial charge in [0.15, 0.2) is 0 Å². The number of nitrogens with zero attached hydrogens (tertiary/aromatic N) is 1. The minimum atomic E-state index is -0.426. The number of carbonyl (C=O) groups excluding carboxylic acids is 1. The van der Waals surface area contributed by atoms with E-state index in [1.165, 1.54) is 5.56 Å². The molecule has 122 valence electrons. The van der Waals surface area contributed by atoms with Crippen molar-refractivity contribution in [3.63, 3.8) is 0 Å². The SMILES string of the molecule is CC(C)(C)OC(=O)N1CCC(NCCc2ccc(Br)cc2)C1. The van der Waals surface area contributed by atoms with Gasteiger partial charge >= 0.3 is 6.09 Å². The maximum atomic E-state index is 12.0. The number of hydrogen-bond acceptors (Lipinski definition) is 3. The number of carbonyl (C=O) groups is 1. The predicted molar refractivity (Wildman–Crippen MR) is 92.1 cm³/mol. The highest BCUT2D eigenvalue weighted by atomic mass is 79.9. The van der Waals surface area contributed by atoms with Gasteiger partial charge in [0.1, 0.15) is 5.60 Å². The van der Waals surface area contributed by atoms with Gasteiger partial charge < -0.3 is 15.0 Å². The molecule has 1 unspecified atom stereocenters. The van der Waals surface area contributed by atoms with E-state index in [0.717, 1.165) is 36.9 Å². The largest absolute Gasteiger partial charge is 0.444 e. The topological polar surface area (TPSA) is 41.6 Å². The molecule has 1 aromatic carbocycles. The molecule has 0 spiro atoms. The van der Waals surface area contributed by atoms with Gasteiger partial charge in [-0.25, -0.2) is 4.79 Å². The molecule has 1 heterocycles. The molecule has 1 amide bonds. The van der Waals surface area contributed by atoms with Gasteiger partial charge in [0, 0.05) is 23.6 Å².